The van der Waals surface area contributed by atoms with Gasteiger partial charge in [0.2, 0.25) is 10.0 Å². The summed E-state index contributed by atoms with van der Waals surface area (Å²) in [6, 6.07) is 10.6. The van der Waals surface area contributed by atoms with Crippen LogP contribution < -0.4 is 9.47 Å². The minimum Gasteiger partial charge on any atom is -0.496 e. The van der Waals surface area contributed by atoms with Gasteiger partial charge in [-0.2, -0.15) is 4.31 Å². The lowest BCUT2D eigenvalue weighted by molar-refractivity contribution is 0.390. The summed E-state index contributed by atoms with van der Waals surface area (Å²) in [5, 5.41) is -0.324. The zero-order valence-corrected chi connectivity index (χ0v) is 17.9. The summed E-state index contributed by atoms with van der Waals surface area (Å²) in [6.07, 6.45) is 0. The predicted octanol–water partition coefficient (Wildman–Crippen LogP) is 4.21. The molecule has 1 fully saturated rings. The van der Waals surface area contributed by atoms with Gasteiger partial charge in [-0.3, -0.25) is 0 Å². The molecule has 1 unspecified atom stereocenters. The Balaban J connectivity index is 2.02. The number of hydrogen-bond donors (Lipinski definition) is 0. The molecule has 0 aromatic heterocycles. The third kappa shape index (κ3) is 3.60. The van der Waals surface area contributed by atoms with Crippen molar-refractivity contribution in [3.8, 4) is 11.5 Å². The van der Waals surface area contributed by atoms with E-state index >= 15 is 0 Å². The molecule has 0 amide bonds. The first-order valence-electron chi connectivity index (χ1n) is 8.00. The van der Waals surface area contributed by atoms with E-state index in [4.69, 9.17) is 9.47 Å². The van der Waals surface area contributed by atoms with Crippen molar-refractivity contribution in [1.82, 2.24) is 4.31 Å². The number of halogens is 1. The highest BCUT2D eigenvalue weighted by Gasteiger charge is 2.38. The normalized spacial score (nSPS) is 18.1. The molecule has 140 valence electrons. The third-order valence-corrected chi connectivity index (χ3v) is 8.01. The number of sulfonamides is 1. The lowest BCUT2D eigenvalue weighted by Gasteiger charge is -2.25. The SMILES string of the molecule is COc1ccc(S(=O)(=O)N2CCSC2c2cc(Br)ccc2OC)cc1C. The van der Waals surface area contributed by atoms with Crippen molar-refractivity contribution in [3.63, 3.8) is 0 Å². The fourth-order valence-corrected chi connectivity index (χ4v) is 6.70. The quantitative estimate of drug-likeness (QED) is 0.672. The predicted molar refractivity (Wildman–Crippen MR) is 108 cm³/mol. The fourth-order valence-electron chi connectivity index (χ4n) is 2.99. The summed E-state index contributed by atoms with van der Waals surface area (Å²) in [6.45, 7) is 2.30. The largest absolute Gasteiger partial charge is 0.496 e. The molecule has 2 aromatic rings. The molecule has 1 aliphatic heterocycles. The second-order valence-corrected chi connectivity index (χ2v) is 9.85. The Hall–Kier alpha value is -1.22. The van der Waals surface area contributed by atoms with Crippen LogP contribution in [0.15, 0.2) is 45.8 Å². The molecule has 0 spiro atoms. The van der Waals surface area contributed by atoms with Gasteiger partial charge < -0.3 is 9.47 Å². The molecule has 1 heterocycles. The number of aryl methyl sites for hydroxylation is 1. The molecular formula is C18H20BrNO4S2. The fraction of sp³-hybridized carbons (Fsp3) is 0.333. The number of ether oxygens (including phenoxy) is 2. The highest BCUT2D eigenvalue weighted by molar-refractivity contribution is 9.10. The van der Waals surface area contributed by atoms with E-state index in [9.17, 15) is 8.42 Å². The van der Waals surface area contributed by atoms with Gasteiger partial charge in [0.1, 0.15) is 11.5 Å². The first-order valence-corrected chi connectivity index (χ1v) is 11.3. The monoisotopic (exact) mass is 457 g/mol. The van der Waals surface area contributed by atoms with Gasteiger partial charge in [-0.15, -0.1) is 11.8 Å². The molecule has 26 heavy (non-hydrogen) atoms. The van der Waals surface area contributed by atoms with Gasteiger partial charge in [-0.25, -0.2) is 8.42 Å². The van der Waals surface area contributed by atoms with Crippen LogP contribution >= 0.6 is 27.7 Å². The van der Waals surface area contributed by atoms with E-state index in [-0.39, 0.29) is 10.3 Å². The van der Waals surface area contributed by atoms with Gasteiger partial charge >= 0.3 is 0 Å². The average Bonchev–Trinajstić information content (AvgIpc) is 3.12. The smallest absolute Gasteiger partial charge is 0.244 e. The van der Waals surface area contributed by atoms with Crippen LogP contribution in [0.25, 0.3) is 0 Å². The number of hydrogen-bond acceptors (Lipinski definition) is 5. The summed E-state index contributed by atoms with van der Waals surface area (Å²) >= 11 is 5.06. The van der Waals surface area contributed by atoms with Crippen molar-refractivity contribution in [2.45, 2.75) is 17.2 Å². The molecule has 1 atom stereocenters. The molecule has 1 saturated heterocycles. The van der Waals surface area contributed by atoms with Crippen LogP contribution in [0.4, 0.5) is 0 Å². The maximum atomic E-state index is 13.3. The van der Waals surface area contributed by atoms with Crippen molar-refractivity contribution in [1.29, 1.82) is 0 Å². The number of thioether (sulfide) groups is 1. The van der Waals surface area contributed by atoms with E-state index in [0.717, 1.165) is 21.4 Å². The molecular weight excluding hydrogens is 438 g/mol. The molecule has 8 heteroatoms. The van der Waals surface area contributed by atoms with Gasteiger partial charge in [0.05, 0.1) is 24.5 Å². The second kappa shape index (κ2) is 7.80. The van der Waals surface area contributed by atoms with Crippen LogP contribution in [-0.2, 0) is 10.0 Å². The maximum absolute atomic E-state index is 13.3. The summed E-state index contributed by atoms with van der Waals surface area (Å²) in [7, 11) is -0.467. The van der Waals surface area contributed by atoms with Crippen molar-refractivity contribution in [2.75, 3.05) is 26.5 Å². The number of nitrogens with zero attached hydrogens (tertiary/aromatic N) is 1. The molecule has 0 aliphatic carbocycles. The Kier molecular flexibility index (Phi) is 5.86. The zero-order valence-electron chi connectivity index (χ0n) is 14.7. The van der Waals surface area contributed by atoms with Crippen LogP contribution in [0.2, 0.25) is 0 Å². The number of rotatable bonds is 5. The standard InChI is InChI=1S/C18H20BrNO4S2/c1-12-10-14(5-7-16(12)23-2)26(21,22)20-8-9-25-18(20)15-11-13(19)4-6-17(15)24-3/h4-7,10-11,18H,8-9H2,1-3H3. The first kappa shape index (κ1) is 19.5. The van der Waals surface area contributed by atoms with Crippen LogP contribution in [0.1, 0.15) is 16.5 Å². The number of methoxy groups -OCH3 is 2. The molecule has 0 saturated carbocycles. The van der Waals surface area contributed by atoms with E-state index < -0.39 is 10.0 Å². The highest BCUT2D eigenvalue weighted by Crippen LogP contribution is 2.45. The summed E-state index contributed by atoms with van der Waals surface area (Å²) in [4.78, 5) is 0.275. The molecule has 5 nitrogen and oxygen atoms in total. The maximum Gasteiger partial charge on any atom is 0.244 e. The summed E-state index contributed by atoms with van der Waals surface area (Å²) < 4.78 is 39.7. The van der Waals surface area contributed by atoms with Crippen molar-refractivity contribution in [3.05, 3.63) is 52.0 Å². The highest BCUT2D eigenvalue weighted by atomic mass is 79.9. The van der Waals surface area contributed by atoms with E-state index in [1.165, 1.54) is 0 Å². The zero-order chi connectivity index (χ0) is 18.9. The van der Waals surface area contributed by atoms with Crippen molar-refractivity contribution < 1.29 is 17.9 Å². The summed E-state index contributed by atoms with van der Waals surface area (Å²) in [5.74, 6) is 2.08. The lowest BCUT2D eigenvalue weighted by Crippen LogP contribution is -2.30. The lowest BCUT2D eigenvalue weighted by atomic mass is 10.2. The van der Waals surface area contributed by atoms with Crippen LogP contribution in [0.5, 0.6) is 11.5 Å². The molecule has 3 rings (SSSR count). The van der Waals surface area contributed by atoms with E-state index in [2.05, 4.69) is 15.9 Å². The van der Waals surface area contributed by atoms with Gasteiger partial charge in [-0.05, 0) is 48.9 Å². The molecule has 0 N–H and O–H groups in total. The van der Waals surface area contributed by atoms with Gasteiger partial charge in [0.25, 0.3) is 0 Å². The van der Waals surface area contributed by atoms with E-state index in [1.807, 2.05) is 25.1 Å². The minimum absolute atomic E-state index is 0.275. The van der Waals surface area contributed by atoms with Gasteiger partial charge in [-0.1, -0.05) is 15.9 Å². The molecule has 2 aromatic carbocycles. The van der Waals surface area contributed by atoms with Crippen molar-refractivity contribution in [2.24, 2.45) is 0 Å². The second-order valence-electron chi connectivity index (χ2n) is 5.86. The Morgan fingerprint density at radius 1 is 1.12 bits per heavy atom. The van der Waals surface area contributed by atoms with Crippen LogP contribution in [-0.4, -0.2) is 39.2 Å². The van der Waals surface area contributed by atoms with E-state index in [0.29, 0.717) is 18.0 Å². The Morgan fingerprint density at radius 2 is 1.81 bits per heavy atom. The minimum atomic E-state index is -3.64. The Bertz CT molecular complexity index is 917. The van der Waals surface area contributed by atoms with E-state index in [1.54, 1.807) is 48.5 Å². The molecule has 0 bridgehead atoms. The van der Waals surface area contributed by atoms with Crippen molar-refractivity contribution >= 4 is 37.7 Å². The third-order valence-electron chi connectivity index (χ3n) is 4.28. The van der Waals surface area contributed by atoms with Gasteiger partial charge in [0, 0.05) is 22.3 Å². The Morgan fingerprint density at radius 3 is 2.46 bits per heavy atom. The first-order chi connectivity index (χ1) is 12.4. The Labute approximate surface area is 166 Å². The van der Waals surface area contributed by atoms with Crippen LogP contribution in [0, 0.1) is 6.92 Å². The molecule has 1 aliphatic rings. The molecule has 0 radical (unpaired) electrons. The van der Waals surface area contributed by atoms with Crippen LogP contribution in [0.3, 0.4) is 0 Å². The average molecular weight is 458 g/mol. The summed E-state index contributed by atoms with van der Waals surface area (Å²) in [5.41, 5.74) is 1.63. The number of benzene rings is 2. The topological polar surface area (TPSA) is 55.8 Å². The van der Waals surface area contributed by atoms with Gasteiger partial charge in [0.15, 0.2) is 0 Å².